The molecule has 0 unspecified atom stereocenters. The first kappa shape index (κ1) is 25.7. The molecule has 0 spiro atoms. The summed E-state index contributed by atoms with van der Waals surface area (Å²) in [7, 11) is 0. The van der Waals surface area contributed by atoms with Crippen LogP contribution in [0.2, 0.25) is 5.02 Å². The van der Waals surface area contributed by atoms with Gasteiger partial charge in [-0.1, -0.05) is 27.5 Å². The van der Waals surface area contributed by atoms with Crippen molar-refractivity contribution in [2.75, 3.05) is 10.2 Å². The Kier molecular flexibility index (Phi) is 7.75. The maximum atomic E-state index is 12.8. The molecule has 0 bridgehead atoms. The lowest BCUT2D eigenvalue weighted by Crippen LogP contribution is -2.58. The van der Waals surface area contributed by atoms with Crippen LogP contribution in [0.1, 0.15) is 20.7 Å². The van der Waals surface area contributed by atoms with Gasteiger partial charge in [0.25, 0.3) is 17.7 Å². The molecule has 37 heavy (non-hydrogen) atoms. The summed E-state index contributed by atoms with van der Waals surface area (Å²) in [5.74, 6) is -4.05. The van der Waals surface area contributed by atoms with Crippen LogP contribution in [0.15, 0.2) is 82.4 Å². The highest BCUT2D eigenvalue weighted by atomic mass is 79.9. The molecule has 12 heteroatoms. The van der Waals surface area contributed by atoms with Crippen molar-refractivity contribution in [3.8, 4) is 0 Å². The van der Waals surface area contributed by atoms with Gasteiger partial charge in [-0.15, -0.1) is 0 Å². The third kappa shape index (κ3) is 6.08. The van der Waals surface area contributed by atoms with E-state index >= 15 is 0 Å². The van der Waals surface area contributed by atoms with Gasteiger partial charge in [0, 0.05) is 32.5 Å². The van der Waals surface area contributed by atoms with E-state index in [1.165, 1.54) is 36.4 Å². The number of nitrogens with one attached hydrogen (secondary N) is 3. The number of nitrogens with zero attached hydrogens (tertiary/aromatic N) is 2. The van der Waals surface area contributed by atoms with Gasteiger partial charge in [-0.25, -0.2) is 15.1 Å². The second-order valence-electron chi connectivity index (χ2n) is 7.68. The zero-order valence-corrected chi connectivity index (χ0v) is 21.1. The monoisotopic (exact) mass is 581 g/mol. The number of carbonyl (C=O) groups excluding carboxylic acids is 5. The molecule has 6 amide bonds. The smallest absolute Gasteiger partial charge is 0.322 e. The molecule has 3 aromatic rings. The topological polar surface area (TPSA) is 137 Å². The first-order valence-electron chi connectivity index (χ1n) is 10.7. The third-order valence-corrected chi connectivity index (χ3v) is 5.97. The maximum Gasteiger partial charge on any atom is 0.335 e. The van der Waals surface area contributed by atoms with E-state index < -0.39 is 29.7 Å². The van der Waals surface area contributed by atoms with Crippen molar-refractivity contribution in [1.82, 2.24) is 10.7 Å². The minimum atomic E-state index is -1.42. The van der Waals surface area contributed by atoms with Crippen LogP contribution in [-0.4, -0.2) is 35.9 Å². The predicted molar refractivity (Wildman–Crippen MR) is 140 cm³/mol. The lowest BCUT2D eigenvalue weighted by atomic mass is 10.1. The summed E-state index contributed by atoms with van der Waals surface area (Å²) in [5.41, 5.74) is 3.60. The second kappa shape index (κ2) is 11.1. The van der Waals surface area contributed by atoms with Crippen molar-refractivity contribution < 1.29 is 24.0 Å². The molecule has 186 valence electrons. The van der Waals surface area contributed by atoms with Gasteiger partial charge in [0.1, 0.15) is 0 Å². The molecule has 4 rings (SSSR count). The number of anilines is 2. The predicted octanol–water partition coefficient (Wildman–Crippen LogP) is 3.97. The van der Waals surface area contributed by atoms with Crippen LogP contribution < -0.4 is 21.0 Å². The van der Waals surface area contributed by atoms with Gasteiger partial charge in [0.15, 0.2) is 5.92 Å². The Morgan fingerprint density at radius 1 is 0.892 bits per heavy atom. The number of hydrogen-bond acceptors (Lipinski definition) is 6. The SMILES string of the molecule is O=C(N/N=C\[C@@H]1C(=O)NC(=O)N(c2ccc(Br)cc2)C1=O)c1ccc(NC(=O)c2ccc(Cl)cc2)cc1. The molecule has 3 aromatic carbocycles. The zero-order chi connectivity index (χ0) is 26.5. The zero-order valence-electron chi connectivity index (χ0n) is 18.8. The van der Waals surface area contributed by atoms with Crippen LogP contribution >= 0.6 is 27.5 Å². The van der Waals surface area contributed by atoms with Crippen molar-refractivity contribution in [2.45, 2.75) is 0 Å². The molecular weight excluding hydrogens is 566 g/mol. The fourth-order valence-electron chi connectivity index (χ4n) is 3.30. The highest BCUT2D eigenvalue weighted by molar-refractivity contribution is 9.10. The van der Waals surface area contributed by atoms with E-state index in [2.05, 4.69) is 37.1 Å². The number of hydrazone groups is 1. The molecule has 1 atom stereocenters. The number of urea groups is 1. The molecule has 1 saturated heterocycles. The van der Waals surface area contributed by atoms with Crippen LogP contribution in [0, 0.1) is 5.92 Å². The molecule has 1 fully saturated rings. The Morgan fingerprint density at radius 2 is 1.49 bits per heavy atom. The van der Waals surface area contributed by atoms with Crippen molar-refractivity contribution in [2.24, 2.45) is 11.0 Å². The average molecular weight is 583 g/mol. The van der Waals surface area contributed by atoms with E-state index in [4.69, 9.17) is 11.6 Å². The summed E-state index contributed by atoms with van der Waals surface area (Å²) in [5, 5.41) is 9.04. The molecule has 1 heterocycles. The van der Waals surface area contributed by atoms with E-state index in [0.29, 0.717) is 16.3 Å². The van der Waals surface area contributed by atoms with E-state index in [1.807, 2.05) is 0 Å². The third-order valence-electron chi connectivity index (χ3n) is 5.19. The lowest BCUT2D eigenvalue weighted by molar-refractivity contribution is -0.131. The largest absolute Gasteiger partial charge is 0.335 e. The number of benzene rings is 3. The fourth-order valence-corrected chi connectivity index (χ4v) is 3.69. The summed E-state index contributed by atoms with van der Waals surface area (Å²) in [4.78, 5) is 62.8. The Bertz CT molecular complexity index is 1410. The Morgan fingerprint density at radius 3 is 2.14 bits per heavy atom. The maximum absolute atomic E-state index is 12.8. The second-order valence-corrected chi connectivity index (χ2v) is 9.03. The molecule has 3 N–H and O–H groups in total. The number of imide groups is 2. The standard InChI is InChI=1S/C25H17BrClN5O5/c26-16-5-11-19(12-6-16)32-24(36)20(23(35)30-25(32)37)13-28-31-22(34)15-3-9-18(10-4-15)29-21(33)14-1-7-17(27)8-2-14/h1-13,20H,(H,29,33)(H,31,34)(H,30,35,37)/b28-13-/t20-/m1/s1. The first-order chi connectivity index (χ1) is 17.7. The number of rotatable bonds is 6. The minimum Gasteiger partial charge on any atom is -0.322 e. The van der Waals surface area contributed by atoms with Crippen molar-refractivity contribution in [1.29, 1.82) is 0 Å². The van der Waals surface area contributed by atoms with Crippen LogP contribution in [0.3, 0.4) is 0 Å². The number of barbiturate groups is 1. The summed E-state index contributed by atoms with van der Waals surface area (Å²) < 4.78 is 0.745. The van der Waals surface area contributed by atoms with E-state index in [0.717, 1.165) is 15.6 Å². The van der Waals surface area contributed by atoms with E-state index in [-0.39, 0.29) is 17.2 Å². The number of hydrogen-bond donors (Lipinski definition) is 3. The first-order valence-corrected chi connectivity index (χ1v) is 11.8. The normalized spacial score (nSPS) is 15.5. The number of halogens is 2. The van der Waals surface area contributed by atoms with Crippen LogP contribution in [0.4, 0.5) is 16.2 Å². The van der Waals surface area contributed by atoms with Gasteiger partial charge in [-0.05, 0) is 72.8 Å². The Balaban J connectivity index is 1.37. The molecule has 1 aliphatic heterocycles. The van der Waals surface area contributed by atoms with Crippen molar-refractivity contribution in [3.63, 3.8) is 0 Å². The number of amides is 6. The lowest BCUT2D eigenvalue weighted by Gasteiger charge is -2.28. The van der Waals surface area contributed by atoms with Gasteiger partial charge in [-0.2, -0.15) is 5.10 Å². The minimum absolute atomic E-state index is 0.215. The van der Waals surface area contributed by atoms with Gasteiger partial charge >= 0.3 is 6.03 Å². The molecule has 0 aromatic heterocycles. The fraction of sp³-hybridized carbons (Fsp3) is 0.0400. The van der Waals surface area contributed by atoms with Gasteiger partial charge in [0.05, 0.1) is 5.69 Å². The molecular formula is C25H17BrClN5O5. The van der Waals surface area contributed by atoms with Crippen molar-refractivity contribution in [3.05, 3.63) is 93.4 Å². The summed E-state index contributed by atoms with van der Waals surface area (Å²) in [6.07, 6.45) is 0.953. The Hall–Kier alpha value is -4.35. The van der Waals surface area contributed by atoms with E-state index in [9.17, 15) is 24.0 Å². The van der Waals surface area contributed by atoms with Crippen molar-refractivity contribution >= 4 is 74.8 Å². The Labute approximate surface area is 223 Å². The van der Waals surface area contributed by atoms with E-state index in [1.54, 1.807) is 36.4 Å². The molecule has 0 aliphatic carbocycles. The number of carbonyl (C=O) groups is 5. The summed E-state index contributed by atoms with van der Waals surface area (Å²) >= 11 is 9.10. The van der Waals surface area contributed by atoms with Gasteiger partial charge < -0.3 is 5.32 Å². The van der Waals surface area contributed by atoms with Gasteiger partial charge in [-0.3, -0.25) is 24.5 Å². The molecule has 0 radical (unpaired) electrons. The summed E-state index contributed by atoms with van der Waals surface area (Å²) in [6.45, 7) is 0. The molecule has 1 aliphatic rings. The molecule has 10 nitrogen and oxygen atoms in total. The summed E-state index contributed by atoms with van der Waals surface area (Å²) in [6, 6.07) is 17.9. The quantitative estimate of drug-likeness (QED) is 0.229. The molecule has 0 saturated carbocycles. The van der Waals surface area contributed by atoms with Crippen LogP contribution in [-0.2, 0) is 9.59 Å². The highest BCUT2D eigenvalue weighted by Crippen LogP contribution is 2.22. The highest BCUT2D eigenvalue weighted by Gasteiger charge is 2.40. The van der Waals surface area contributed by atoms with Crippen LogP contribution in [0.25, 0.3) is 0 Å². The average Bonchev–Trinajstić information content (AvgIpc) is 2.87. The van der Waals surface area contributed by atoms with Gasteiger partial charge in [0.2, 0.25) is 5.91 Å². The van der Waals surface area contributed by atoms with Crippen LogP contribution in [0.5, 0.6) is 0 Å².